The molecule has 0 aliphatic heterocycles. The van der Waals surface area contributed by atoms with Gasteiger partial charge < -0.3 is 10.3 Å². The lowest BCUT2D eigenvalue weighted by molar-refractivity contribution is 0.621. The molecule has 1 aromatic heterocycles. The van der Waals surface area contributed by atoms with Crippen molar-refractivity contribution in [1.82, 2.24) is 4.57 Å². The number of rotatable bonds is 3. The highest BCUT2D eigenvalue weighted by atomic mass is 35.5. The van der Waals surface area contributed by atoms with Crippen molar-refractivity contribution in [3.63, 3.8) is 0 Å². The van der Waals surface area contributed by atoms with Crippen LogP contribution in [0.25, 0.3) is 10.9 Å². The first-order chi connectivity index (χ1) is 9.67. The van der Waals surface area contributed by atoms with Crippen LogP contribution < -0.4 is 5.73 Å². The maximum atomic E-state index is 13.5. The fraction of sp³-hybridized carbons (Fsp3) is 0.125. The van der Waals surface area contributed by atoms with Gasteiger partial charge in [-0.2, -0.15) is 0 Å². The molecule has 0 spiro atoms. The molecule has 4 heteroatoms. The number of fused-ring (bicyclic) bond motifs is 1. The standard InChI is InChI=1S/C16H14ClFN2/c17-15-10-20(16-4-2-1-3-14(15)16)9-12-5-11(8-19)6-13(18)7-12/h1-7,10H,8-9,19H2. The summed E-state index contributed by atoms with van der Waals surface area (Å²) >= 11 is 6.22. The van der Waals surface area contributed by atoms with Gasteiger partial charge in [0, 0.05) is 30.2 Å². The molecule has 2 N–H and O–H groups in total. The summed E-state index contributed by atoms with van der Waals surface area (Å²) in [6.45, 7) is 0.899. The molecule has 20 heavy (non-hydrogen) atoms. The van der Waals surface area contributed by atoms with Crippen LogP contribution in [0.1, 0.15) is 11.1 Å². The smallest absolute Gasteiger partial charge is 0.123 e. The molecule has 0 amide bonds. The van der Waals surface area contributed by atoms with Crippen LogP contribution in [-0.4, -0.2) is 4.57 Å². The topological polar surface area (TPSA) is 30.9 Å². The fourth-order valence-corrected chi connectivity index (χ4v) is 2.73. The first-order valence-corrected chi connectivity index (χ1v) is 6.77. The van der Waals surface area contributed by atoms with E-state index in [9.17, 15) is 4.39 Å². The summed E-state index contributed by atoms with van der Waals surface area (Å²) in [5.74, 6) is -0.259. The fourth-order valence-electron chi connectivity index (χ4n) is 2.46. The van der Waals surface area contributed by atoms with Crippen molar-refractivity contribution in [1.29, 1.82) is 0 Å². The molecular formula is C16H14ClFN2. The highest BCUT2D eigenvalue weighted by Crippen LogP contribution is 2.26. The molecule has 3 rings (SSSR count). The van der Waals surface area contributed by atoms with Crippen LogP contribution in [0.15, 0.2) is 48.7 Å². The molecule has 0 bridgehead atoms. The molecule has 2 aromatic carbocycles. The number of benzene rings is 2. The number of nitrogens with zero attached hydrogens (tertiary/aromatic N) is 1. The predicted molar refractivity (Wildman–Crippen MR) is 80.3 cm³/mol. The molecule has 0 saturated carbocycles. The van der Waals surface area contributed by atoms with Crippen molar-refractivity contribution in [3.8, 4) is 0 Å². The summed E-state index contributed by atoms with van der Waals surface area (Å²) < 4.78 is 15.6. The van der Waals surface area contributed by atoms with Gasteiger partial charge in [-0.05, 0) is 29.3 Å². The van der Waals surface area contributed by atoms with E-state index in [-0.39, 0.29) is 5.82 Å². The molecule has 0 saturated heterocycles. The maximum Gasteiger partial charge on any atom is 0.123 e. The zero-order valence-corrected chi connectivity index (χ0v) is 11.6. The molecule has 1 heterocycles. The Kier molecular flexibility index (Phi) is 3.47. The quantitative estimate of drug-likeness (QED) is 0.777. The molecule has 0 aliphatic carbocycles. The monoisotopic (exact) mass is 288 g/mol. The van der Waals surface area contributed by atoms with Crippen molar-refractivity contribution in [2.75, 3.05) is 0 Å². The summed E-state index contributed by atoms with van der Waals surface area (Å²) in [6, 6.07) is 12.8. The number of para-hydroxylation sites is 1. The van der Waals surface area contributed by atoms with Gasteiger partial charge in [0.1, 0.15) is 5.82 Å². The van der Waals surface area contributed by atoms with Crippen molar-refractivity contribution < 1.29 is 4.39 Å². The van der Waals surface area contributed by atoms with Crippen LogP contribution in [0.5, 0.6) is 0 Å². The van der Waals surface area contributed by atoms with Crippen molar-refractivity contribution in [2.45, 2.75) is 13.1 Å². The van der Waals surface area contributed by atoms with Gasteiger partial charge in [-0.15, -0.1) is 0 Å². The van der Waals surface area contributed by atoms with E-state index in [1.165, 1.54) is 12.1 Å². The minimum absolute atomic E-state index is 0.259. The van der Waals surface area contributed by atoms with Crippen molar-refractivity contribution in [3.05, 3.63) is 70.6 Å². The van der Waals surface area contributed by atoms with E-state index in [0.29, 0.717) is 18.1 Å². The Morgan fingerprint density at radius 1 is 1.10 bits per heavy atom. The third-order valence-corrected chi connectivity index (χ3v) is 3.65. The molecule has 0 atom stereocenters. The van der Waals surface area contributed by atoms with Gasteiger partial charge in [0.2, 0.25) is 0 Å². The van der Waals surface area contributed by atoms with E-state index < -0.39 is 0 Å². The zero-order chi connectivity index (χ0) is 14.1. The van der Waals surface area contributed by atoms with Crippen LogP contribution >= 0.6 is 11.6 Å². The van der Waals surface area contributed by atoms with Gasteiger partial charge in [-0.1, -0.05) is 35.9 Å². The normalized spacial score (nSPS) is 11.2. The van der Waals surface area contributed by atoms with E-state index in [4.69, 9.17) is 17.3 Å². The molecule has 0 radical (unpaired) electrons. The Hall–Kier alpha value is -1.84. The van der Waals surface area contributed by atoms with E-state index in [2.05, 4.69) is 0 Å². The van der Waals surface area contributed by atoms with E-state index in [1.54, 1.807) is 0 Å². The Morgan fingerprint density at radius 2 is 1.85 bits per heavy atom. The second-order valence-corrected chi connectivity index (χ2v) is 5.20. The van der Waals surface area contributed by atoms with Crippen LogP contribution in [0.3, 0.4) is 0 Å². The summed E-state index contributed by atoms with van der Waals surface area (Å²) in [4.78, 5) is 0. The van der Waals surface area contributed by atoms with Crippen LogP contribution in [0.4, 0.5) is 4.39 Å². The Labute approximate surface area is 121 Å². The van der Waals surface area contributed by atoms with Gasteiger partial charge in [-0.25, -0.2) is 4.39 Å². The lowest BCUT2D eigenvalue weighted by Gasteiger charge is -2.07. The lowest BCUT2D eigenvalue weighted by Crippen LogP contribution is -2.02. The van der Waals surface area contributed by atoms with Gasteiger partial charge in [-0.3, -0.25) is 0 Å². The molecular weight excluding hydrogens is 275 g/mol. The summed E-state index contributed by atoms with van der Waals surface area (Å²) in [6.07, 6.45) is 1.87. The molecule has 0 aliphatic rings. The largest absolute Gasteiger partial charge is 0.342 e. The Bertz CT molecular complexity index is 764. The maximum absolute atomic E-state index is 13.5. The molecule has 2 nitrogen and oxygen atoms in total. The van der Waals surface area contributed by atoms with Crippen LogP contribution in [0, 0.1) is 5.82 Å². The minimum atomic E-state index is -0.259. The third kappa shape index (κ3) is 2.42. The summed E-state index contributed by atoms with van der Waals surface area (Å²) in [5.41, 5.74) is 8.29. The number of aromatic nitrogens is 1. The number of hydrogen-bond acceptors (Lipinski definition) is 1. The zero-order valence-electron chi connectivity index (χ0n) is 10.8. The third-order valence-electron chi connectivity index (χ3n) is 3.35. The second kappa shape index (κ2) is 5.27. The summed E-state index contributed by atoms with van der Waals surface area (Å²) in [5, 5.41) is 1.71. The highest BCUT2D eigenvalue weighted by Gasteiger charge is 2.07. The molecule has 0 fully saturated rings. The average molecular weight is 289 g/mol. The second-order valence-electron chi connectivity index (χ2n) is 4.79. The van der Waals surface area contributed by atoms with Crippen molar-refractivity contribution >= 4 is 22.5 Å². The number of halogens is 2. The Morgan fingerprint density at radius 3 is 2.65 bits per heavy atom. The van der Waals surface area contributed by atoms with Gasteiger partial charge in [0.15, 0.2) is 0 Å². The van der Waals surface area contributed by atoms with Gasteiger partial charge in [0.25, 0.3) is 0 Å². The van der Waals surface area contributed by atoms with E-state index in [1.807, 2.05) is 41.1 Å². The molecule has 3 aromatic rings. The molecule has 102 valence electrons. The van der Waals surface area contributed by atoms with Gasteiger partial charge >= 0.3 is 0 Å². The van der Waals surface area contributed by atoms with E-state index in [0.717, 1.165) is 22.0 Å². The van der Waals surface area contributed by atoms with Crippen LogP contribution in [-0.2, 0) is 13.1 Å². The summed E-state index contributed by atoms with van der Waals surface area (Å²) in [7, 11) is 0. The average Bonchev–Trinajstić information content (AvgIpc) is 2.75. The lowest BCUT2D eigenvalue weighted by atomic mass is 10.1. The molecule has 0 unspecified atom stereocenters. The number of nitrogens with two attached hydrogens (primary N) is 1. The predicted octanol–water partition coefficient (Wildman–Crippen LogP) is 3.94. The minimum Gasteiger partial charge on any atom is -0.342 e. The number of hydrogen-bond donors (Lipinski definition) is 1. The highest BCUT2D eigenvalue weighted by molar-refractivity contribution is 6.35. The van der Waals surface area contributed by atoms with Crippen molar-refractivity contribution in [2.24, 2.45) is 5.73 Å². The Balaban J connectivity index is 2.03. The van der Waals surface area contributed by atoms with Crippen LogP contribution in [0.2, 0.25) is 5.02 Å². The first-order valence-electron chi connectivity index (χ1n) is 6.39. The first kappa shape index (κ1) is 13.2. The van der Waals surface area contributed by atoms with Gasteiger partial charge in [0.05, 0.1) is 5.02 Å². The SMILES string of the molecule is NCc1cc(F)cc(Cn2cc(Cl)c3ccccc32)c1. The van der Waals surface area contributed by atoms with E-state index >= 15 is 0 Å².